The quantitative estimate of drug-likeness (QED) is 0.369. The zero-order chi connectivity index (χ0) is 14.5. The molecule has 0 saturated carbocycles. The zero-order valence-electron chi connectivity index (χ0n) is 11.8. The number of para-hydroxylation sites is 1. The van der Waals surface area contributed by atoms with Gasteiger partial charge in [-0.1, -0.05) is 54.6 Å². The number of benzene rings is 3. The first-order valence-electron chi connectivity index (χ1n) is 7.36. The molecule has 5 aromatic rings. The molecule has 2 nitrogen and oxygen atoms in total. The average Bonchev–Trinajstić information content (AvgIpc) is 2.60. The van der Waals surface area contributed by atoms with Gasteiger partial charge < -0.3 is 0 Å². The van der Waals surface area contributed by atoms with Crippen molar-refractivity contribution in [2.75, 3.05) is 0 Å². The van der Waals surface area contributed by atoms with Crippen LogP contribution >= 0.6 is 0 Å². The van der Waals surface area contributed by atoms with Crippen LogP contribution in [0.3, 0.4) is 0 Å². The maximum absolute atomic E-state index is 4.76. The lowest BCUT2D eigenvalue weighted by molar-refractivity contribution is 1.42. The Kier molecular flexibility index (Phi) is 2.25. The van der Waals surface area contributed by atoms with Gasteiger partial charge in [0, 0.05) is 39.3 Å². The second-order valence-electron chi connectivity index (χ2n) is 5.54. The highest BCUT2D eigenvalue weighted by Gasteiger charge is 2.08. The predicted molar refractivity (Wildman–Crippen MR) is 92.1 cm³/mol. The summed E-state index contributed by atoms with van der Waals surface area (Å²) in [7, 11) is 0. The van der Waals surface area contributed by atoms with Gasteiger partial charge in [0.2, 0.25) is 0 Å². The van der Waals surface area contributed by atoms with Gasteiger partial charge in [0.15, 0.2) is 0 Å². The summed E-state index contributed by atoms with van der Waals surface area (Å²) in [5.41, 5.74) is 2.06. The van der Waals surface area contributed by atoms with E-state index in [0.29, 0.717) is 0 Å². The van der Waals surface area contributed by atoms with Crippen molar-refractivity contribution >= 4 is 43.4 Å². The van der Waals surface area contributed by atoms with E-state index in [-0.39, 0.29) is 0 Å². The third kappa shape index (κ3) is 1.49. The van der Waals surface area contributed by atoms with E-state index in [0.717, 1.165) is 32.6 Å². The number of fused-ring (bicyclic) bond motifs is 7. The Morgan fingerprint density at radius 2 is 1.23 bits per heavy atom. The molecule has 0 unspecified atom stereocenters. The second kappa shape index (κ2) is 4.25. The Bertz CT molecular complexity index is 1080. The summed E-state index contributed by atoms with van der Waals surface area (Å²) in [5.74, 6) is 0. The van der Waals surface area contributed by atoms with Crippen LogP contribution in [-0.2, 0) is 0 Å². The van der Waals surface area contributed by atoms with Crippen LogP contribution < -0.4 is 0 Å². The van der Waals surface area contributed by atoms with Crippen molar-refractivity contribution in [3.63, 3.8) is 0 Å². The molecular formula is C20H12N2. The summed E-state index contributed by atoms with van der Waals surface area (Å²) in [4.78, 5) is 9.37. The molecule has 2 aromatic heterocycles. The van der Waals surface area contributed by atoms with E-state index in [1.807, 2.05) is 30.6 Å². The summed E-state index contributed by atoms with van der Waals surface area (Å²) in [6, 6.07) is 20.9. The molecule has 2 heterocycles. The average molecular weight is 280 g/mol. The molecule has 0 spiro atoms. The molecule has 0 aliphatic carbocycles. The second-order valence-corrected chi connectivity index (χ2v) is 5.54. The SMILES string of the molecule is c1ccc2c(c1)ccc1c3cnc4ccccc4c3cnc21. The number of pyridine rings is 2. The van der Waals surface area contributed by atoms with E-state index >= 15 is 0 Å². The molecule has 0 saturated heterocycles. The molecule has 0 radical (unpaired) electrons. The van der Waals surface area contributed by atoms with Gasteiger partial charge in [0.05, 0.1) is 11.0 Å². The van der Waals surface area contributed by atoms with Crippen molar-refractivity contribution in [1.82, 2.24) is 9.97 Å². The van der Waals surface area contributed by atoms with E-state index in [2.05, 4.69) is 47.4 Å². The lowest BCUT2D eigenvalue weighted by atomic mass is 10.0. The Labute approximate surface area is 127 Å². The topological polar surface area (TPSA) is 25.8 Å². The Hall–Kier alpha value is -3.00. The first-order chi connectivity index (χ1) is 10.9. The van der Waals surface area contributed by atoms with E-state index in [4.69, 9.17) is 4.98 Å². The smallest absolute Gasteiger partial charge is 0.0787 e. The molecule has 0 N–H and O–H groups in total. The highest BCUT2D eigenvalue weighted by Crippen LogP contribution is 2.31. The van der Waals surface area contributed by atoms with Crippen LogP contribution in [0, 0.1) is 0 Å². The summed E-state index contributed by atoms with van der Waals surface area (Å²) in [5, 5.41) is 7.05. The number of hydrogen-bond donors (Lipinski definition) is 0. The molecule has 22 heavy (non-hydrogen) atoms. The first kappa shape index (κ1) is 11.6. The summed E-state index contributed by atoms with van der Waals surface area (Å²) in [6.45, 7) is 0. The summed E-state index contributed by atoms with van der Waals surface area (Å²) >= 11 is 0. The number of aromatic nitrogens is 2. The zero-order valence-corrected chi connectivity index (χ0v) is 11.8. The fourth-order valence-corrected chi connectivity index (χ4v) is 3.26. The number of nitrogens with zero attached hydrogens (tertiary/aromatic N) is 2. The molecule has 0 atom stereocenters. The van der Waals surface area contributed by atoms with Crippen molar-refractivity contribution in [3.8, 4) is 0 Å². The molecule has 0 fully saturated rings. The Morgan fingerprint density at radius 1 is 0.500 bits per heavy atom. The van der Waals surface area contributed by atoms with Gasteiger partial charge in [-0.3, -0.25) is 9.97 Å². The summed E-state index contributed by atoms with van der Waals surface area (Å²) < 4.78 is 0. The van der Waals surface area contributed by atoms with Crippen LogP contribution in [0.2, 0.25) is 0 Å². The fourth-order valence-electron chi connectivity index (χ4n) is 3.26. The van der Waals surface area contributed by atoms with Crippen LogP contribution in [0.5, 0.6) is 0 Å². The van der Waals surface area contributed by atoms with Crippen molar-refractivity contribution in [2.45, 2.75) is 0 Å². The monoisotopic (exact) mass is 280 g/mol. The van der Waals surface area contributed by atoms with Crippen molar-refractivity contribution in [2.24, 2.45) is 0 Å². The van der Waals surface area contributed by atoms with Crippen molar-refractivity contribution in [3.05, 3.63) is 73.1 Å². The number of hydrogen-bond acceptors (Lipinski definition) is 2. The standard InChI is InChI=1S/C20H12N2/c1-2-6-14-13(5-1)9-10-16-18-11-21-19-8-4-3-7-15(19)17(18)12-22-20(14)16/h1-12H. The normalized spacial score (nSPS) is 11.6. The molecule has 0 bridgehead atoms. The van der Waals surface area contributed by atoms with Gasteiger partial charge in [-0.25, -0.2) is 0 Å². The molecular weight excluding hydrogens is 268 g/mol. The summed E-state index contributed by atoms with van der Waals surface area (Å²) in [6.07, 6.45) is 3.95. The first-order valence-corrected chi connectivity index (χ1v) is 7.36. The molecule has 0 aliphatic rings. The molecule has 5 rings (SSSR count). The maximum atomic E-state index is 4.76. The number of rotatable bonds is 0. The largest absolute Gasteiger partial charge is 0.256 e. The van der Waals surface area contributed by atoms with Gasteiger partial charge in [0.25, 0.3) is 0 Å². The van der Waals surface area contributed by atoms with Crippen LogP contribution in [-0.4, -0.2) is 9.97 Å². The van der Waals surface area contributed by atoms with Crippen molar-refractivity contribution in [1.29, 1.82) is 0 Å². The van der Waals surface area contributed by atoms with Crippen LogP contribution in [0.1, 0.15) is 0 Å². The van der Waals surface area contributed by atoms with Crippen LogP contribution in [0.25, 0.3) is 43.4 Å². The highest BCUT2D eigenvalue weighted by atomic mass is 14.7. The van der Waals surface area contributed by atoms with E-state index in [1.165, 1.54) is 10.8 Å². The fraction of sp³-hybridized carbons (Fsp3) is 0. The minimum atomic E-state index is 1.01. The van der Waals surface area contributed by atoms with E-state index < -0.39 is 0 Å². The maximum Gasteiger partial charge on any atom is 0.0787 e. The van der Waals surface area contributed by atoms with Gasteiger partial charge in [-0.2, -0.15) is 0 Å². The molecule has 3 aromatic carbocycles. The third-order valence-corrected chi connectivity index (χ3v) is 4.33. The van der Waals surface area contributed by atoms with Gasteiger partial charge >= 0.3 is 0 Å². The van der Waals surface area contributed by atoms with Gasteiger partial charge in [-0.05, 0) is 11.5 Å². The lowest BCUT2D eigenvalue weighted by Crippen LogP contribution is -1.87. The highest BCUT2D eigenvalue weighted by molar-refractivity contribution is 6.19. The van der Waals surface area contributed by atoms with E-state index in [1.54, 1.807) is 0 Å². The van der Waals surface area contributed by atoms with E-state index in [9.17, 15) is 0 Å². The third-order valence-electron chi connectivity index (χ3n) is 4.33. The van der Waals surface area contributed by atoms with Crippen molar-refractivity contribution < 1.29 is 0 Å². The predicted octanol–water partition coefficient (Wildman–Crippen LogP) is 5.09. The van der Waals surface area contributed by atoms with Crippen LogP contribution in [0.4, 0.5) is 0 Å². The minimum absolute atomic E-state index is 1.01. The van der Waals surface area contributed by atoms with Gasteiger partial charge in [0.1, 0.15) is 0 Å². The van der Waals surface area contributed by atoms with Gasteiger partial charge in [-0.15, -0.1) is 0 Å². The molecule has 102 valence electrons. The Balaban J connectivity index is 2.04. The minimum Gasteiger partial charge on any atom is -0.256 e. The molecule has 0 aliphatic heterocycles. The molecule has 0 amide bonds. The lowest BCUT2D eigenvalue weighted by Gasteiger charge is -2.08. The van der Waals surface area contributed by atoms with Crippen LogP contribution in [0.15, 0.2) is 73.1 Å². The Morgan fingerprint density at radius 3 is 2.18 bits per heavy atom. The molecule has 2 heteroatoms.